The Morgan fingerprint density at radius 1 is 0.742 bits per heavy atom. The molecule has 0 aromatic heterocycles. The SMILES string of the molecule is COc1ccc(CN2CC(C)N(Cc3ccc(OC)c(OC)c3)C(=O)C2=O)cc1OC. The predicted molar refractivity (Wildman–Crippen MR) is 115 cm³/mol. The molecule has 3 rings (SSSR count). The second-order valence-electron chi connectivity index (χ2n) is 7.35. The molecule has 0 bridgehead atoms. The number of benzene rings is 2. The molecule has 1 aliphatic heterocycles. The highest BCUT2D eigenvalue weighted by atomic mass is 16.5. The summed E-state index contributed by atoms with van der Waals surface area (Å²) in [6, 6.07) is 10.8. The number of carbonyl (C=O) groups is 2. The van der Waals surface area contributed by atoms with Crippen molar-refractivity contribution in [3.8, 4) is 23.0 Å². The highest BCUT2D eigenvalue weighted by Crippen LogP contribution is 2.30. The van der Waals surface area contributed by atoms with E-state index in [1.165, 1.54) is 0 Å². The third-order valence-electron chi connectivity index (χ3n) is 5.37. The van der Waals surface area contributed by atoms with E-state index >= 15 is 0 Å². The standard InChI is InChI=1S/C23H28N2O6/c1-15-12-24(13-16-6-8-18(28-2)20(10-16)30-4)22(26)23(27)25(15)14-17-7-9-19(29-3)21(11-17)31-5/h6-11,15H,12-14H2,1-5H3. The summed E-state index contributed by atoms with van der Waals surface area (Å²) in [5.74, 6) is 1.35. The van der Waals surface area contributed by atoms with Crippen LogP contribution in [-0.2, 0) is 22.7 Å². The van der Waals surface area contributed by atoms with Crippen molar-refractivity contribution in [3.05, 3.63) is 47.5 Å². The first-order valence-corrected chi connectivity index (χ1v) is 9.93. The zero-order valence-corrected chi connectivity index (χ0v) is 18.5. The van der Waals surface area contributed by atoms with Gasteiger partial charge in [0.05, 0.1) is 28.4 Å². The number of nitrogens with zero attached hydrogens (tertiary/aromatic N) is 2. The normalized spacial score (nSPS) is 16.4. The fraction of sp³-hybridized carbons (Fsp3) is 0.391. The molecule has 166 valence electrons. The van der Waals surface area contributed by atoms with Crippen molar-refractivity contribution in [2.24, 2.45) is 0 Å². The number of methoxy groups -OCH3 is 4. The van der Waals surface area contributed by atoms with Crippen molar-refractivity contribution < 1.29 is 28.5 Å². The molecule has 0 radical (unpaired) electrons. The van der Waals surface area contributed by atoms with E-state index in [2.05, 4.69) is 0 Å². The van der Waals surface area contributed by atoms with Gasteiger partial charge in [0, 0.05) is 25.7 Å². The summed E-state index contributed by atoms with van der Waals surface area (Å²) in [4.78, 5) is 28.8. The molecule has 31 heavy (non-hydrogen) atoms. The first kappa shape index (κ1) is 22.3. The molecule has 1 saturated heterocycles. The molecule has 0 aliphatic carbocycles. The Morgan fingerprint density at radius 2 is 1.23 bits per heavy atom. The molecular formula is C23H28N2O6. The van der Waals surface area contributed by atoms with Crippen LogP contribution in [0.5, 0.6) is 23.0 Å². The van der Waals surface area contributed by atoms with Gasteiger partial charge in [-0.25, -0.2) is 0 Å². The number of ether oxygens (including phenoxy) is 4. The van der Waals surface area contributed by atoms with Gasteiger partial charge >= 0.3 is 11.8 Å². The van der Waals surface area contributed by atoms with Gasteiger partial charge in [-0.15, -0.1) is 0 Å². The van der Waals surface area contributed by atoms with Gasteiger partial charge in [-0.05, 0) is 42.3 Å². The van der Waals surface area contributed by atoms with Gasteiger partial charge in [-0.2, -0.15) is 0 Å². The number of hydrogen-bond acceptors (Lipinski definition) is 6. The maximum absolute atomic E-state index is 12.9. The second-order valence-corrected chi connectivity index (χ2v) is 7.35. The molecule has 8 nitrogen and oxygen atoms in total. The van der Waals surface area contributed by atoms with Crippen molar-refractivity contribution in [3.63, 3.8) is 0 Å². The molecule has 0 N–H and O–H groups in total. The number of rotatable bonds is 8. The molecule has 1 unspecified atom stereocenters. The van der Waals surface area contributed by atoms with E-state index in [-0.39, 0.29) is 6.04 Å². The number of carbonyl (C=O) groups excluding carboxylic acids is 2. The Kier molecular flexibility index (Phi) is 6.89. The van der Waals surface area contributed by atoms with Crippen LogP contribution in [0.3, 0.4) is 0 Å². The third kappa shape index (κ3) is 4.68. The van der Waals surface area contributed by atoms with E-state index < -0.39 is 11.8 Å². The van der Waals surface area contributed by atoms with Crippen molar-refractivity contribution in [1.82, 2.24) is 9.80 Å². The fourth-order valence-electron chi connectivity index (χ4n) is 3.70. The van der Waals surface area contributed by atoms with Crippen molar-refractivity contribution >= 4 is 11.8 Å². The van der Waals surface area contributed by atoms with Gasteiger partial charge in [0.15, 0.2) is 23.0 Å². The molecule has 2 aromatic carbocycles. The van der Waals surface area contributed by atoms with Crippen LogP contribution < -0.4 is 18.9 Å². The highest BCUT2D eigenvalue weighted by Gasteiger charge is 2.37. The molecule has 2 amide bonds. The summed E-state index contributed by atoms with van der Waals surface area (Å²) in [5.41, 5.74) is 1.72. The zero-order valence-electron chi connectivity index (χ0n) is 18.5. The lowest BCUT2D eigenvalue weighted by molar-refractivity contribution is -0.159. The largest absolute Gasteiger partial charge is 0.493 e. The highest BCUT2D eigenvalue weighted by molar-refractivity contribution is 6.35. The molecule has 1 aliphatic rings. The molecule has 0 spiro atoms. The Balaban J connectivity index is 1.73. The third-order valence-corrected chi connectivity index (χ3v) is 5.37. The van der Waals surface area contributed by atoms with Crippen LogP contribution >= 0.6 is 0 Å². The molecular weight excluding hydrogens is 400 g/mol. The number of amides is 2. The summed E-state index contributed by atoms with van der Waals surface area (Å²) >= 11 is 0. The summed E-state index contributed by atoms with van der Waals surface area (Å²) in [5, 5.41) is 0. The Labute approximate surface area is 182 Å². The van der Waals surface area contributed by atoms with Crippen LogP contribution in [0.25, 0.3) is 0 Å². The van der Waals surface area contributed by atoms with Crippen LogP contribution in [0.15, 0.2) is 36.4 Å². The number of hydrogen-bond donors (Lipinski definition) is 0. The lowest BCUT2D eigenvalue weighted by Gasteiger charge is -2.39. The van der Waals surface area contributed by atoms with Crippen molar-refractivity contribution in [2.75, 3.05) is 35.0 Å². The average molecular weight is 428 g/mol. The van der Waals surface area contributed by atoms with E-state index in [9.17, 15) is 9.59 Å². The van der Waals surface area contributed by atoms with Gasteiger partial charge in [-0.3, -0.25) is 9.59 Å². The van der Waals surface area contributed by atoms with Crippen molar-refractivity contribution in [2.45, 2.75) is 26.1 Å². The topological polar surface area (TPSA) is 77.5 Å². The smallest absolute Gasteiger partial charge is 0.312 e. The quantitative estimate of drug-likeness (QED) is 0.601. The predicted octanol–water partition coefficient (Wildman–Crippen LogP) is 2.48. The lowest BCUT2D eigenvalue weighted by Crippen LogP contribution is -2.57. The maximum atomic E-state index is 12.9. The second kappa shape index (κ2) is 9.59. The average Bonchev–Trinajstić information content (AvgIpc) is 2.79. The minimum absolute atomic E-state index is 0.140. The van der Waals surface area contributed by atoms with Crippen molar-refractivity contribution in [1.29, 1.82) is 0 Å². The molecule has 1 heterocycles. The molecule has 1 atom stereocenters. The van der Waals surface area contributed by atoms with Gasteiger partial charge in [0.1, 0.15) is 0 Å². The Morgan fingerprint density at radius 3 is 1.71 bits per heavy atom. The van der Waals surface area contributed by atoms with Crippen LogP contribution in [0.1, 0.15) is 18.1 Å². The number of piperazine rings is 1. The van der Waals surface area contributed by atoms with E-state index in [1.807, 2.05) is 31.2 Å². The van der Waals surface area contributed by atoms with Gasteiger partial charge in [0.25, 0.3) is 0 Å². The van der Waals surface area contributed by atoms with E-state index in [1.54, 1.807) is 50.4 Å². The molecule has 2 aromatic rings. The minimum Gasteiger partial charge on any atom is -0.493 e. The van der Waals surface area contributed by atoms with Gasteiger partial charge < -0.3 is 28.7 Å². The molecule has 8 heteroatoms. The molecule has 0 saturated carbocycles. The lowest BCUT2D eigenvalue weighted by atomic mass is 10.1. The van der Waals surface area contributed by atoms with E-state index in [4.69, 9.17) is 18.9 Å². The van der Waals surface area contributed by atoms with Crippen LogP contribution in [0.2, 0.25) is 0 Å². The Hall–Kier alpha value is -3.42. The van der Waals surface area contributed by atoms with E-state index in [0.29, 0.717) is 42.6 Å². The summed E-state index contributed by atoms with van der Waals surface area (Å²) in [6.07, 6.45) is 0. The summed E-state index contributed by atoms with van der Waals surface area (Å²) < 4.78 is 21.2. The molecule has 1 fully saturated rings. The summed E-state index contributed by atoms with van der Waals surface area (Å²) in [7, 11) is 6.26. The fourth-order valence-corrected chi connectivity index (χ4v) is 3.70. The van der Waals surface area contributed by atoms with Crippen LogP contribution in [0.4, 0.5) is 0 Å². The monoisotopic (exact) mass is 428 g/mol. The van der Waals surface area contributed by atoms with Gasteiger partial charge in [0.2, 0.25) is 0 Å². The maximum Gasteiger partial charge on any atom is 0.312 e. The van der Waals surface area contributed by atoms with Crippen LogP contribution in [0, 0.1) is 0 Å². The Bertz CT molecular complexity index is 961. The van der Waals surface area contributed by atoms with Gasteiger partial charge in [-0.1, -0.05) is 12.1 Å². The van der Waals surface area contributed by atoms with E-state index in [0.717, 1.165) is 11.1 Å². The minimum atomic E-state index is -0.520. The zero-order chi connectivity index (χ0) is 22.5. The first-order valence-electron chi connectivity index (χ1n) is 9.93. The van der Waals surface area contributed by atoms with Crippen LogP contribution in [-0.4, -0.2) is 62.6 Å². The summed E-state index contributed by atoms with van der Waals surface area (Å²) in [6.45, 7) is 3.01. The first-order chi connectivity index (χ1) is 14.9.